The molecule has 5 heteroatoms. The fourth-order valence-electron chi connectivity index (χ4n) is 0.966. The Morgan fingerprint density at radius 2 is 2.08 bits per heavy atom. The van der Waals surface area contributed by atoms with Gasteiger partial charge in [0.1, 0.15) is 0 Å². The molecule has 2 N–H and O–H groups in total. The molecule has 0 aromatic carbocycles. The largest absolute Gasteiger partial charge is 0.375 e. The number of nitrogens with zero attached hydrogens (tertiary/aromatic N) is 1. The Balaban J connectivity index is 0.000000845. The van der Waals surface area contributed by atoms with Gasteiger partial charge in [-0.2, -0.15) is 0 Å². The Bertz CT molecular complexity index is 356. The quantitative estimate of drug-likeness (QED) is 0.820. The molecule has 0 unspecified atom stereocenters. The Labute approximate surface area is 90.8 Å². The number of nitrogen functional groups attached to an aromatic ring is 1. The molecule has 13 heavy (non-hydrogen) atoms. The van der Waals surface area contributed by atoms with E-state index in [4.69, 9.17) is 5.73 Å². The maximum atomic E-state index is 5.53. The Morgan fingerprint density at radius 1 is 1.31 bits per heavy atom. The summed E-state index contributed by atoms with van der Waals surface area (Å²) in [5.41, 5.74) is 7.81. The van der Waals surface area contributed by atoms with Crippen LogP contribution in [0.4, 0.5) is 5.13 Å². The first kappa shape index (κ1) is 10.5. The van der Waals surface area contributed by atoms with Crippen molar-refractivity contribution in [2.45, 2.75) is 6.92 Å². The van der Waals surface area contributed by atoms with E-state index in [1.165, 1.54) is 21.8 Å². The van der Waals surface area contributed by atoms with Gasteiger partial charge < -0.3 is 5.73 Å². The van der Waals surface area contributed by atoms with Crippen molar-refractivity contribution in [3.05, 3.63) is 22.4 Å². The fraction of sp³-hybridized carbons (Fsp3) is 0.125. The van der Waals surface area contributed by atoms with Gasteiger partial charge in [0.25, 0.3) is 0 Å². The van der Waals surface area contributed by atoms with Crippen LogP contribution in [0.3, 0.4) is 0 Å². The predicted molar refractivity (Wildman–Crippen MR) is 61.8 cm³/mol. The number of hydrogen-bond acceptors (Lipinski definition) is 4. The number of aryl methyl sites for hydroxylation is 1. The maximum absolute atomic E-state index is 5.53. The molecular formula is C8H9ClN2S2. The summed E-state index contributed by atoms with van der Waals surface area (Å²) in [5.74, 6) is 0. The van der Waals surface area contributed by atoms with Crippen molar-refractivity contribution in [1.82, 2.24) is 4.98 Å². The Hall–Kier alpha value is -0.580. The van der Waals surface area contributed by atoms with Gasteiger partial charge in [-0.05, 0) is 23.9 Å². The molecule has 2 aromatic heterocycles. The molecular weight excluding hydrogens is 224 g/mol. The van der Waals surface area contributed by atoms with Crippen LogP contribution in [0.2, 0.25) is 0 Å². The normalized spacial score (nSPS) is 9.62. The van der Waals surface area contributed by atoms with Gasteiger partial charge in [-0.15, -0.1) is 35.1 Å². The minimum Gasteiger partial charge on any atom is -0.375 e. The Kier molecular flexibility index (Phi) is 3.30. The van der Waals surface area contributed by atoms with Crippen molar-refractivity contribution in [1.29, 1.82) is 0 Å². The molecule has 0 aliphatic heterocycles. The summed E-state index contributed by atoms with van der Waals surface area (Å²) in [6, 6.07) is 2.12. The van der Waals surface area contributed by atoms with Crippen molar-refractivity contribution in [2.24, 2.45) is 0 Å². The highest BCUT2D eigenvalue weighted by Crippen LogP contribution is 2.28. The molecule has 0 saturated heterocycles. The molecule has 2 heterocycles. The lowest BCUT2D eigenvalue weighted by atomic mass is 10.3. The summed E-state index contributed by atoms with van der Waals surface area (Å²) in [6.45, 7) is 2.08. The average Bonchev–Trinajstić information content (AvgIpc) is 2.58. The van der Waals surface area contributed by atoms with Crippen molar-refractivity contribution in [3.8, 4) is 10.6 Å². The van der Waals surface area contributed by atoms with Crippen LogP contribution in [0.15, 0.2) is 16.8 Å². The molecule has 0 spiro atoms. The molecule has 2 rings (SSSR count). The molecule has 0 fully saturated rings. The zero-order valence-electron chi connectivity index (χ0n) is 6.98. The van der Waals surface area contributed by atoms with E-state index in [1.54, 1.807) is 11.3 Å². The lowest BCUT2D eigenvalue weighted by Crippen LogP contribution is -1.80. The molecule has 70 valence electrons. The van der Waals surface area contributed by atoms with Gasteiger partial charge in [-0.1, -0.05) is 0 Å². The van der Waals surface area contributed by atoms with Crippen LogP contribution in [0.1, 0.15) is 5.56 Å². The van der Waals surface area contributed by atoms with Gasteiger partial charge in [0.05, 0.1) is 10.6 Å². The van der Waals surface area contributed by atoms with Gasteiger partial charge in [0, 0.05) is 5.38 Å². The number of nitrogens with two attached hydrogens (primary N) is 1. The molecule has 0 amide bonds. The number of hydrogen-bond donors (Lipinski definition) is 1. The number of halogens is 1. The van der Waals surface area contributed by atoms with Gasteiger partial charge in [-0.25, -0.2) is 4.98 Å². The zero-order valence-corrected chi connectivity index (χ0v) is 9.43. The minimum atomic E-state index is 0. The van der Waals surface area contributed by atoms with Gasteiger partial charge in [-0.3, -0.25) is 0 Å². The minimum absolute atomic E-state index is 0. The molecule has 2 aromatic rings. The second-order valence-electron chi connectivity index (χ2n) is 2.56. The lowest BCUT2D eigenvalue weighted by Gasteiger charge is -1.85. The molecule has 0 atom stereocenters. The van der Waals surface area contributed by atoms with Crippen LogP contribution >= 0.6 is 35.1 Å². The van der Waals surface area contributed by atoms with E-state index in [2.05, 4.69) is 23.4 Å². The van der Waals surface area contributed by atoms with Gasteiger partial charge >= 0.3 is 0 Å². The number of anilines is 1. The van der Waals surface area contributed by atoms with Crippen molar-refractivity contribution >= 4 is 40.2 Å². The SMILES string of the molecule is Cc1csc(-c2csc(N)n2)c1.Cl. The van der Waals surface area contributed by atoms with Crippen LogP contribution < -0.4 is 5.73 Å². The molecule has 0 aliphatic carbocycles. The third-order valence-corrected chi connectivity index (χ3v) is 3.25. The number of thiophene rings is 1. The summed E-state index contributed by atoms with van der Waals surface area (Å²) in [5, 5.41) is 4.74. The summed E-state index contributed by atoms with van der Waals surface area (Å²) in [6.07, 6.45) is 0. The topological polar surface area (TPSA) is 38.9 Å². The standard InChI is InChI=1S/C8H8N2S2.ClH/c1-5-2-7(11-3-5)6-4-12-8(9)10-6;/h2-4H,1H3,(H2,9,10);1H. The van der Waals surface area contributed by atoms with Gasteiger partial charge in [0.15, 0.2) is 5.13 Å². The highest BCUT2D eigenvalue weighted by atomic mass is 35.5. The molecule has 0 bridgehead atoms. The smallest absolute Gasteiger partial charge is 0.180 e. The summed E-state index contributed by atoms with van der Waals surface area (Å²) < 4.78 is 0. The van der Waals surface area contributed by atoms with Crippen LogP contribution in [-0.4, -0.2) is 4.98 Å². The monoisotopic (exact) mass is 232 g/mol. The number of rotatable bonds is 1. The fourth-order valence-corrected chi connectivity index (χ4v) is 2.46. The van der Waals surface area contributed by atoms with Gasteiger partial charge in [0.2, 0.25) is 0 Å². The van der Waals surface area contributed by atoms with E-state index in [9.17, 15) is 0 Å². The first-order chi connectivity index (χ1) is 5.75. The van der Waals surface area contributed by atoms with Crippen LogP contribution in [0, 0.1) is 6.92 Å². The predicted octanol–water partition coefficient (Wildman–Crippen LogP) is 3.18. The van der Waals surface area contributed by atoms with E-state index in [0.717, 1.165) is 5.69 Å². The van der Waals surface area contributed by atoms with E-state index in [0.29, 0.717) is 5.13 Å². The van der Waals surface area contributed by atoms with E-state index in [-0.39, 0.29) is 12.4 Å². The molecule has 0 radical (unpaired) electrons. The van der Waals surface area contributed by atoms with E-state index >= 15 is 0 Å². The highest BCUT2D eigenvalue weighted by Gasteiger charge is 2.03. The highest BCUT2D eigenvalue weighted by molar-refractivity contribution is 7.15. The molecule has 0 saturated carbocycles. The number of aromatic nitrogens is 1. The van der Waals surface area contributed by atoms with Crippen molar-refractivity contribution < 1.29 is 0 Å². The van der Waals surface area contributed by atoms with E-state index in [1.807, 2.05) is 5.38 Å². The summed E-state index contributed by atoms with van der Waals surface area (Å²) in [4.78, 5) is 5.40. The summed E-state index contributed by atoms with van der Waals surface area (Å²) in [7, 11) is 0. The van der Waals surface area contributed by atoms with Crippen LogP contribution in [0.5, 0.6) is 0 Å². The third-order valence-electron chi connectivity index (χ3n) is 1.50. The second kappa shape index (κ2) is 4.09. The zero-order chi connectivity index (χ0) is 8.55. The number of thiazole rings is 1. The van der Waals surface area contributed by atoms with Crippen molar-refractivity contribution in [3.63, 3.8) is 0 Å². The molecule has 2 nitrogen and oxygen atoms in total. The van der Waals surface area contributed by atoms with Crippen LogP contribution in [-0.2, 0) is 0 Å². The first-order valence-electron chi connectivity index (χ1n) is 3.52. The Morgan fingerprint density at radius 3 is 2.54 bits per heavy atom. The van der Waals surface area contributed by atoms with Crippen LogP contribution in [0.25, 0.3) is 10.6 Å². The van der Waals surface area contributed by atoms with E-state index < -0.39 is 0 Å². The lowest BCUT2D eigenvalue weighted by molar-refractivity contribution is 1.43. The first-order valence-corrected chi connectivity index (χ1v) is 5.28. The summed E-state index contributed by atoms with van der Waals surface area (Å²) >= 11 is 3.19. The maximum Gasteiger partial charge on any atom is 0.180 e. The van der Waals surface area contributed by atoms with Crippen molar-refractivity contribution in [2.75, 3.05) is 5.73 Å². The molecule has 0 aliphatic rings. The third kappa shape index (κ3) is 2.21. The average molecular weight is 233 g/mol. The second-order valence-corrected chi connectivity index (χ2v) is 4.36.